The van der Waals surface area contributed by atoms with Gasteiger partial charge in [-0.05, 0) is 41.8 Å². The summed E-state index contributed by atoms with van der Waals surface area (Å²) in [7, 11) is 0. The third kappa shape index (κ3) is 1.01. The molecule has 3 aliphatic carbocycles. The zero-order chi connectivity index (χ0) is 9.69. The summed E-state index contributed by atoms with van der Waals surface area (Å²) in [4.78, 5) is 4.31. The maximum absolute atomic E-state index is 10.7. The molecule has 3 rings (SSSR count). The quantitative estimate of drug-likeness (QED) is 0.524. The van der Waals surface area contributed by atoms with Gasteiger partial charge in [0.05, 0.1) is 6.61 Å². The van der Waals surface area contributed by atoms with Crippen molar-refractivity contribution in [3.8, 4) is 0 Å². The Morgan fingerprint density at radius 3 is 2.54 bits per heavy atom. The van der Waals surface area contributed by atoms with Gasteiger partial charge in [-0.2, -0.15) is 4.89 Å². The van der Waals surface area contributed by atoms with E-state index in [1.807, 2.05) is 0 Å². The highest BCUT2D eigenvalue weighted by Gasteiger charge is 2.62. The maximum Gasteiger partial charge on any atom is 0.133 e. The molecule has 0 aliphatic heterocycles. The highest BCUT2D eigenvalue weighted by atomic mass is 17.1. The van der Waals surface area contributed by atoms with Gasteiger partial charge in [0.2, 0.25) is 0 Å². The fourth-order valence-corrected chi connectivity index (χ4v) is 3.31. The Balaban J connectivity index is 2.23. The number of aliphatic hydroxyl groups is 1. The van der Waals surface area contributed by atoms with Crippen LogP contribution in [0.1, 0.15) is 33.1 Å². The molecule has 0 aromatic rings. The molecule has 3 saturated carbocycles. The molecule has 2 bridgehead atoms. The fraction of sp³-hybridized carbons (Fsp3) is 1.00. The average molecular weight is 185 g/mol. The summed E-state index contributed by atoms with van der Waals surface area (Å²) in [5.74, 6) is 0.980. The molecule has 75 valence electrons. The molecular formula is C10H17O3. The van der Waals surface area contributed by atoms with E-state index < -0.39 is 5.60 Å². The molecule has 3 aliphatic rings. The molecule has 1 radical (unpaired) electrons. The van der Waals surface area contributed by atoms with E-state index in [-0.39, 0.29) is 17.9 Å². The average Bonchev–Trinajstić information content (AvgIpc) is 2.17. The normalized spacial score (nSPS) is 47.1. The summed E-state index contributed by atoms with van der Waals surface area (Å²) in [6.45, 7) is 4.22. The van der Waals surface area contributed by atoms with E-state index in [1.165, 1.54) is 0 Å². The van der Waals surface area contributed by atoms with Crippen LogP contribution in [-0.4, -0.2) is 17.3 Å². The van der Waals surface area contributed by atoms with Gasteiger partial charge in [-0.1, -0.05) is 13.8 Å². The minimum Gasteiger partial charge on any atom is -0.393 e. The second kappa shape index (κ2) is 2.69. The van der Waals surface area contributed by atoms with Crippen LogP contribution < -0.4 is 0 Å². The van der Waals surface area contributed by atoms with Gasteiger partial charge in [-0.25, -0.2) is 0 Å². The van der Waals surface area contributed by atoms with E-state index in [2.05, 4.69) is 18.7 Å². The van der Waals surface area contributed by atoms with Crippen LogP contribution in [0, 0.1) is 17.3 Å². The minimum atomic E-state index is -0.780. The number of hydrogen-bond donors (Lipinski definition) is 1. The van der Waals surface area contributed by atoms with Gasteiger partial charge in [0.25, 0.3) is 0 Å². The van der Waals surface area contributed by atoms with Gasteiger partial charge in [0.1, 0.15) is 5.60 Å². The highest BCUT2D eigenvalue weighted by Crippen LogP contribution is 2.63. The third-order valence-corrected chi connectivity index (χ3v) is 4.46. The lowest BCUT2D eigenvalue weighted by Crippen LogP contribution is -2.63. The largest absolute Gasteiger partial charge is 0.393 e. The van der Waals surface area contributed by atoms with Crippen LogP contribution in [0.2, 0.25) is 0 Å². The van der Waals surface area contributed by atoms with Crippen LogP contribution in [0.3, 0.4) is 0 Å². The first kappa shape index (κ1) is 9.44. The summed E-state index contributed by atoms with van der Waals surface area (Å²) in [6.07, 6.45) is 2.80. The predicted molar refractivity (Wildman–Crippen MR) is 46.2 cm³/mol. The van der Waals surface area contributed by atoms with Gasteiger partial charge < -0.3 is 5.11 Å². The second-order valence-corrected chi connectivity index (χ2v) is 5.15. The van der Waals surface area contributed by atoms with Gasteiger partial charge in [-0.3, -0.25) is 0 Å². The van der Waals surface area contributed by atoms with Crippen molar-refractivity contribution in [2.75, 3.05) is 6.61 Å². The second-order valence-electron chi connectivity index (χ2n) is 5.15. The van der Waals surface area contributed by atoms with E-state index in [0.717, 1.165) is 25.2 Å². The summed E-state index contributed by atoms with van der Waals surface area (Å²) < 4.78 is 0. The van der Waals surface area contributed by atoms with E-state index in [4.69, 9.17) is 0 Å². The molecule has 3 atom stereocenters. The first-order valence-corrected chi connectivity index (χ1v) is 4.98. The Morgan fingerprint density at radius 2 is 2.23 bits per heavy atom. The smallest absolute Gasteiger partial charge is 0.133 e. The van der Waals surface area contributed by atoms with Gasteiger partial charge in [0, 0.05) is 0 Å². The summed E-state index contributed by atoms with van der Waals surface area (Å²) in [5.41, 5.74) is -0.594. The van der Waals surface area contributed by atoms with Crippen LogP contribution in [0.15, 0.2) is 0 Å². The summed E-state index contributed by atoms with van der Waals surface area (Å²) in [6, 6.07) is 0. The van der Waals surface area contributed by atoms with E-state index in [0.29, 0.717) is 0 Å². The SMILES string of the molecule is CC1(C)[C@@H]2CC[C@@](CO)(O[O])[C@H]1C2. The maximum atomic E-state index is 10.7. The lowest BCUT2D eigenvalue weighted by atomic mass is 9.44. The minimum absolute atomic E-state index is 0.128. The zero-order valence-electron chi connectivity index (χ0n) is 8.25. The Bertz CT molecular complexity index is 206. The Morgan fingerprint density at radius 1 is 1.54 bits per heavy atom. The molecule has 3 fully saturated rings. The van der Waals surface area contributed by atoms with Crippen LogP contribution >= 0.6 is 0 Å². The summed E-state index contributed by atoms with van der Waals surface area (Å²) in [5, 5.41) is 19.9. The first-order chi connectivity index (χ1) is 6.07. The first-order valence-electron chi connectivity index (χ1n) is 4.98. The number of hydrogen-bond acceptors (Lipinski definition) is 2. The van der Waals surface area contributed by atoms with Crippen molar-refractivity contribution in [3.63, 3.8) is 0 Å². The molecule has 0 aromatic heterocycles. The molecule has 3 nitrogen and oxygen atoms in total. The standard InChI is InChI=1S/C10H17O3/c1-9(2)7-3-4-10(6-11,13-12)8(9)5-7/h7-8,11H,3-6H2,1-2H3/t7-,8+,10+/m1/s1. The van der Waals surface area contributed by atoms with Crippen LogP contribution in [0.25, 0.3) is 0 Å². The van der Waals surface area contributed by atoms with Gasteiger partial charge >= 0.3 is 0 Å². The van der Waals surface area contributed by atoms with E-state index >= 15 is 0 Å². The zero-order valence-corrected chi connectivity index (χ0v) is 8.25. The lowest BCUT2D eigenvalue weighted by Gasteiger charge is -2.62. The molecule has 0 saturated heterocycles. The van der Waals surface area contributed by atoms with Crippen molar-refractivity contribution in [1.82, 2.24) is 0 Å². The summed E-state index contributed by atoms with van der Waals surface area (Å²) >= 11 is 0. The van der Waals surface area contributed by atoms with Crippen molar-refractivity contribution in [1.29, 1.82) is 0 Å². The van der Waals surface area contributed by atoms with Crippen molar-refractivity contribution in [3.05, 3.63) is 0 Å². The van der Waals surface area contributed by atoms with E-state index in [1.54, 1.807) is 0 Å². The van der Waals surface area contributed by atoms with Crippen LogP contribution in [0.4, 0.5) is 0 Å². The molecule has 1 N–H and O–H groups in total. The molecule has 0 spiro atoms. The van der Waals surface area contributed by atoms with Crippen molar-refractivity contribution in [2.45, 2.75) is 38.7 Å². The molecule has 0 amide bonds. The highest BCUT2D eigenvalue weighted by molar-refractivity contribution is 5.10. The molecular weight excluding hydrogens is 168 g/mol. The predicted octanol–water partition coefficient (Wildman–Crippen LogP) is 1.54. The number of aliphatic hydroxyl groups excluding tert-OH is 1. The lowest BCUT2D eigenvalue weighted by molar-refractivity contribution is -0.421. The van der Waals surface area contributed by atoms with Crippen molar-refractivity contribution < 1.29 is 15.3 Å². The molecule has 3 heteroatoms. The molecule has 0 heterocycles. The number of rotatable bonds is 2. The monoisotopic (exact) mass is 185 g/mol. The molecule has 0 unspecified atom stereocenters. The Hall–Kier alpha value is -0.120. The fourth-order valence-electron chi connectivity index (χ4n) is 3.31. The van der Waals surface area contributed by atoms with Crippen molar-refractivity contribution >= 4 is 0 Å². The van der Waals surface area contributed by atoms with Crippen LogP contribution in [0.5, 0.6) is 0 Å². The topological polar surface area (TPSA) is 49.4 Å². The van der Waals surface area contributed by atoms with Crippen LogP contribution in [-0.2, 0) is 10.1 Å². The Labute approximate surface area is 78.6 Å². The van der Waals surface area contributed by atoms with Gasteiger partial charge in [0.15, 0.2) is 0 Å². The number of fused-ring (bicyclic) bond motifs is 2. The van der Waals surface area contributed by atoms with E-state index in [9.17, 15) is 10.4 Å². The molecule has 0 aromatic carbocycles. The van der Waals surface area contributed by atoms with Gasteiger partial charge in [-0.15, -0.1) is 0 Å². The third-order valence-electron chi connectivity index (χ3n) is 4.46. The Kier molecular flexibility index (Phi) is 1.95. The van der Waals surface area contributed by atoms with Crippen molar-refractivity contribution in [2.24, 2.45) is 17.3 Å². The molecule has 13 heavy (non-hydrogen) atoms.